The summed E-state index contributed by atoms with van der Waals surface area (Å²) in [6.45, 7) is 0. The van der Waals surface area contributed by atoms with Crippen molar-refractivity contribution in [2.75, 3.05) is 4.90 Å². The minimum Gasteiger partial charge on any atom is -0.545 e. The molecule has 0 spiro atoms. The number of hydrogen-bond donors (Lipinski definition) is 1. The van der Waals surface area contributed by atoms with Gasteiger partial charge >= 0.3 is 0 Å². The summed E-state index contributed by atoms with van der Waals surface area (Å²) in [7, 11) is 0. The Morgan fingerprint density at radius 2 is 1.77 bits per heavy atom. The number of hydrogen-bond acceptors (Lipinski definition) is 5. The van der Waals surface area contributed by atoms with Gasteiger partial charge in [0.15, 0.2) is 5.11 Å². The van der Waals surface area contributed by atoms with E-state index in [9.17, 15) is 19.5 Å². The molecular formula is C22H13ClN3O4S-. The Kier molecular flexibility index (Phi) is 5.41. The van der Waals surface area contributed by atoms with E-state index >= 15 is 0 Å². The Morgan fingerprint density at radius 1 is 1.03 bits per heavy atom. The largest absolute Gasteiger partial charge is 0.545 e. The molecule has 9 heteroatoms. The third-order valence-corrected chi connectivity index (χ3v) is 5.16. The smallest absolute Gasteiger partial charge is 0.270 e. The van der Waals surface area contributed by atoms with Crippen LogP contribution in [0.25, 0.3) is 11.8 Å². The van der Waals surface area contributed by atoms with E-state index in [-0.39, 0.29) is 16.2 Å². The van der Waals surface area contributed by atoms with E-state index in [1.165, 1.54) is 23.1 Å². The lowest BCUT2D eigenvalue weighted by Gasteiger charge is -2.29. The number of anilines is 1. The van der Waals surface area contributed by atoms with Crippen LogP contribution in [0.5, 0.6) is 0 Å². The SMILES string of the molecule is O=C1NC(=S)N(c2ccc(Cl)cc2)C(=O)/C1=C/c1cccn1-c1cccc(C(=O)[O-])c1. The van der Waals surface area contributed by atoms with Gasteiger partial charge in [-0.25, -0.2) is 0 Å². The third kappa shape index (κ3) is 3.98. The van der Waals surface area contributed by atoms with Crippen LogP contribution in [-0.2, 0) is 9.59 Å². The topological polar surface area (TPSA) is 94.5 Å². The van der Waals surface area contributed by atoms with Crippen molar-refractivity contribution in [3.63, 3.8) is 0 Å². The van der Waals surface area contributed by atoms with Crippen LogP contribution < -0.4 is 15.3 Å². The van der Waals surface area contributed by atoms with E-state index in [0.717, 1.165) is 0 Å². The Bertz CT molecular complexity index is 1260. The summed E-state index contributed by atoms with van der Waals surface area (Å²) < 4.78 is 1.65. The molecule has 1 aliphatic heterocycles. The van der Waals surface area contributed by atoms with Crippen molar-refractivity contribution in [2.24, 2.45) is 0 Å². The number of aromatic nitrogens is 1. The van der Waals surface area contributed by atoms with Gasteiger partial charge in [-0.3, -0.25) is 19.8 Å². The van der Waals surface area contributed by atoms with Crippen molar-refractivity contribution in [1.29, 1.82) is 0 Å². The number of benzene rings is 2. The maximum atomic E-state index is 13.1. The zero-order valence-electron chi connectivity index (χ0n) is 15.7. The molecule has 1 fully saturated rings. The molecular weight excluding hydrogens is 438 g/mol. The van der Waals surface area contributed by atoms with Crippen LogP contribution in [0.4, 0.5) is 5.69 Å². The molecule has 4 rings (SSSR count). The molecule has 1 aromatic heterocycles. The second-order valence-electron chi connectivity index (χ2n) is 6.58. The summed E-state index contributed by atoms with van der Waals surface area (Å²) >= 11 is 11.1. The molecule has 0 atom stereocenters. The maximum Gasteiger partial charge on any atom is 0.270 e. The minimum absolute atomic E-state index is 0.00977. The summed E-state index contributed by atoms with van der Waals surface area (Å²) in [4.78, 5) is 38.1. The average Bonchev–Trinajstić information content (AvgIpc) is 3.21. The highest BCUT2D eigenvalue weighted by Crippen LogP contribution is 2.24. The van der Waals surface area contributed by atoms with Crippen LogP contribution in [0.3, 0.4) is 0 Å². The number of carbonyl (C=O) groups excluding carboxylic acids is 3. The van der Waals surface area contributed by atoms with Gasteiger partial charge in [0.2, 0.25) is 0 Å². The van der Waals surface area contributed by atoms with Crippen LogP contribution in [0.2, 0.25) is 5.02 Å². The number of rotatable bonds is 4. The molecule has 0 bridgehead atoms. The first-order chi connectivity index (χ1) is 14.8. The molecule has 0 radical (unpaired) electrons. The Hall–Kier alpha value is -3.75. The molecule has 154 valence electrons. The number of nitrogens with one attached hydrogen (secondary N) is 1. The molecule has 0 unspecified atom stereocenters. The Labute approximate surface area is 187 Å². The standard InChI is InChI=1S/C22H14ClN3O4S/c23-14-6-8-15(9-7-14)26-20(28)18(19(27)24-22(26)31)12-17-5-2-10-25(17)16-4-1-3-13(11-16)21(29)30/h1-12H,(H,29,30)(H,24,27,31)/p-1/b18-12+. The summed E-state index contributed by atoms with van der Waals surface area (Å²) in [5, 5.41) is 14.2. The van der Waals surface area contributed by atoms with E-state index in [1.807, 2.05) is 0 Å². The van der Waals surface area contributed by atoms with Gasteiger partial charge in [0.1, 0.15) is 5.57 Å². The molecule has 1 saturated heterocycles. The second-order valence-corrected chi connectivity index (χ2v) is 7.40. The molecule has 31 heavy (non-hydrogen) atoms. The fourth-order valence-electron chi connectivity index (χ4n) is 3.16. The maximum absolute atomic E-state index is 13.1. The lowest BCUT2D eigenvalue weighted by atomic mass is 10.1. The lowest BCUT2D eigenvalue weighted by molar-refractivity contribution is -0.255. The Morgan fingerprint density at radius 3 is 2.48 bits per heavy atom. The van der Waals surface area contributed by atoms with Crippen LogP contribution in [-0.4, -0.2) is 27.5 Å². The number of nitrogens with zero attached hydrogens (tertiary/aromatic N) is 2. The molecule has 3 aromatic rings. The molecule has 2 amide bonds. The van der Waals surface area contributed by atoms with Crippen LogP contribution in [0.15, 0.2) is 72.4 Å². The molecule has 1 N–H and O–H groups in total. The number of halogens is 1. The third-order valence-electron chi connectivity index (χ3n) is 4.62. The van der Waals surface area contributed by atoms with Gasteiger partial charge in [0.25, 0.3) is 11.8 Å². The molecule has 0 aliphatic carbocycles. The van der Waals surface area contributed by atoms with Gasteiger partial charge < -0.3 is 14.5 Å². The van der Waals surface area contributed by atoms with Crippen LogP contribution in [0.1, 0.15) is 16.1 Å². The van der Waals surface area contributed by atoms with Crippen molar-refractivity contribution in [3.8, 4) is 5.69 Å². The zero-order chi connectivity index (χ0) is 22.1. The predicted molar refractivity (Wildman–Crippen MR) is 118 cm³/mol. The van der Waals surface area contributed by atoms with Crippen molar-refractivity contribution < 1.29 is 19.5 Å². The van der Waals surface area contributed by atoms with Crippen molar-refractivity contribution in [1.82, 2.24) is 9.88 Å². The number of carbonyl (C=O) groups is 3. The molecule has 1 aliphatic rings. The number of thiocarbonyl (C=S) groups is 1. The van der Waals surface area contributed by atoms with Gasteiger partial charge in [-0.05, 0) is 72.4 Å². The second kappa shape index (κ2) is 8.17. The van der Waals surface area contributed by atoms with E-state index in [1.54, 1.807) is 59.3 Å². The highest BCUT2D eigenvalue weighted by molar-refractivity contribution is 7.80. The lowest BCUT2D eigenvalue weighted by Crippen LogP contribution is -2.54. The molecule has 7 nitrogen and oxygen atoms in total. The summed E-state index contributed by atoms with van der Waals surface area (Å²) in [6.07, 6.45) is 3.11. The minimum atomic E-state index is -1.30. The summed E-state index contributed by atoms with van der Waals surface area (Å²) in [5.41, 5.74) is 1.38. The number of carboxylic acids is 1. The highest BCUT2D eigenvalue weighted by Gasteiger charge is 2.34. The highest BCUT2D eigenvalue weighted by atomic mass is 35.5. The van der Waals surface area contributed by atoms with Crippen LogP contribution >= 0.6 is 23.8 Å². The van der Waals surface area contributed by atoms with Crippen LogP contribution in [0, 0.1) is 0 Å². The van der Waals surface area contributed by atoms with E-state index in [0.29, 0.717) is 22.1 Å². The first kappa shape index (κ1) is 20.5. The van der Waals surface area contributed by atoms with Gasteiger partial charge in [-0.2, -0.15) is 0 Å². The zero-order valence-corrected chi connectivity index (χ0v) is 17.3. The quantitative estimate of drug-likeness (QED) is 0.374. The summed E-state index contributed by atoms with van der Waals surface area (Å²) in [5.74, 6) is -2.52. The van der Waals surface area contributed by atoms with E-state index < -0.39 is 17.8 Å². The van der Waals surface area contributed by atoms with E-state index in [2.05, 4.69) is 5.32 Å². The predicted octanol–water partition coefficient (Wildman–Crippen LogP) is 2.33. The number of amides is 2. The van der Waals surface area contributed by atoms with Gasteiger partial charge in [-0.1, -0.05) is 23.7 Å². The van der Waals surface area contributed by atoms with Crippen molar-refractivity contribution in [3.05, 3.63) is 88.7 Å². The van der Waals surface area contributed by atoms with Crippen molar-refractivity contribution >= 4 is 58.5 Å². The molecule has 0 saturated carbocycles. The molecule has 2 heterocycles. The van der Waals surface area contributed by atoms with Crippen molar-refractivity contribution in [2.45, 2.75) is 0 Å². The van der Waals surface area contributed by atoms with E-state index in [4.69, 9.17) is 23.8 Å². The number of aromatic carboxylic acids is 1. The van der Waals surface area contributed by atoms with Gasteiger partial charge in [0.05, 0.1) is 11.7 Å². The fourth-order valence-corrected chi connectivity index (χ4v) is 3.57. The first-order valence-corrected chi connectivity index (χ1v) is 9.80. The first-order valence-electron chi connectivity index (χ1n) is 9.01. The monoisotopic (exact) mass is 450 g/mol. The number of carboxylic acid groups (broad SMARTS) is 1. The summed E-state index contributed by atoms with van der Waals surface area (Å²) in [6, 6.07) is 16.0. The average molecular weight is 451 g/mol. The van der Waals surface area contributed by atoms with Gasteiger partial charge in [0, 0.05) is 22.6 Å². The molecule has 2 aromatic carbocycles. The Balaban J connectivity index is 1.74. The normalized spacial score (nSPS) is 15.3. The van der Waals surface area contributed by atoms with Gasteiger partial charge in [-0.15, -0.1) is 0 Å². The fraction of sp³-hybridized carbons (Fsp3) is 0.